The second-order valence-electron chi connectivity index (χ2n) is 3.81. The Morgan fingerprint density at radius 3 is 2.58 bits per heavy atom. The first-order valence-corrected chi connectivity index (χ1v) is 5.26. The Balaban J connectivity index is 2.70. The van der Waals surface area contributed by atoms with Crippen molar-refractivity contribution in [3.8, 4) is 17.2 Å². The first-order valence-electron chi connectivity index (χ1n) is 5.26. The van der Waals surface area contributed by atoms with Crippen LogP contribution >= 0.6 is 0 Å². The van der Waals surface area contributed by atoms with Gasteiger partial charge in [0.15, 0.2) is 0 Å². The lowest BCUT2D eigenvalue weighted by Crippen LogP contribution is -1.98. The number of rotatable bonds is 2. The van der Waals surface area contributed by atoms with E-state index in [1.54, 1.807) is 6.07 Å². The zero-order valence-electron chi connectivity index (χ0n) is 9.52. The number of nitrogens with zero attached hydrogens (tertiary/aromatic N) is 1. The molecule has 0 aliphatic carbocycles. The summed E-state index contributed by atoms with van der Waals surface area (Å²) in [4.78, 5) is 10.9. The van der Waals surface area contributed by atoms with E-state index in [4.69, 9.17) is 10.4 Å². The van der Waals surface area contributed by atoms with Gasteiger partial charge in [0.25, 0.3) is 0 Å². The molecule has 0 amide bonds. The minimum Gasteiger partial charge on any atom is -0.478 e. The number of halogens is 2. The van der Waals surface area contributed by atoms with Gasteiger partial charge in [0.05, 0.1) is 11.1 Å². The van der Waals surface area contributed by atoms with Crippen LogP contribution in [0.15, 0.2) is 36.4 Å². The van der Waals surface area contributed by atoms with E-state index >= 15 is 0 Å². The molecule has 2 rings (SSSR count). The molecule has 0 fully saturated rings. The molecule has 0 saturated carbocycles. The summed E-state index contributed by atoms with van der Waals surface area (Å²) >= 11 is 0. The maximum Gasteiger partial charge on any atom is 0.335 e. The molecule has 0 heterocycles. The summed E-state index contributed by atoms with van der Waals surface area (Å²) in [5, 5.41) is 17.8. The largest absolute Gasteiger partial charge is 0.478 e. The van der Waals surface area contributed by atoms with Gasteiger partial charge in [0, 0.05) is 5.56 Å². The average molecular weight is 259 g/mol. The second kappa shape index (κ2) is 4.86. The molecule has 0 radical (unpaired) electrons. The highest BCUT2D eigenvalue weighted by Crippen LogP contribution is 2.27. The Kier molecular flexibility index (Phi) is 3.25. The van der Waals surface area contributed by atoms with E-state index in [1.807, 2.05) is 0 Å². The van der Waals surface area contributed by atoms with Crippen molar-refractivity contribution >= 4 is 5.97 Å². The van der Waals surface area contributed by atoms with Crippen molar-refractivity contribution in [1.82, 2.24) is 0 Å². The van der Waals surface area contributed by atoms with E-state index in [1.165, 1.54) is 18.2 Å². The predicted molar refractivity (Wildman–Crippen MR) is 63.5 cm³/mol. The molecule has 19 heavy (non-hydrogen) atoms. The number of hydrogen-bond donors (Lipinski definition) is 1. The van der Waals surface area contributed by atoms with Crippen LogP contribution in [0.5, 0.6) is 0 Å². The van der Waals surface area contributed by atoms with Crippen molar-refractivity contribution in [3.63, 3.8) is 0 Å². The molecule has 0 bridgehead atoms. The predicted octanol–water partition coefficient (Wildman–Crippen LogP) is 3.20. The van der Waals surface area contributed by atoms with Crippen LogP contribution in [0.3, 0.4) is 0 Å². The van der Waals surface area contributed by atoms with E-state index in [-0.39, 0.29) is 22.3 Å². The van der Waals surface area contributed by atoms with Gasteiger partial charge >= 0.3 is 5.97 Å². The lowest BCUT2D eigenvalue weighted by molar-refractivity contribution is 0.0696. The maximum absolute atomic E-state index is 13.5. The van der Waals surface area contributed by atoms with Gasteiger partial charge in [-0.15, -0.1) is 0 Å². The van der Waals surface area contributed by atoms with Crippen LogP contribution < -0.4 is 0 Å². The van der Waals surface area contributed by atoms with Crippen LogP contribution in [0, 0.1) is 23.0 Å². The standard InChI is InChI=1S/C14H7F2NO2/c15-10-5-8(4-9(6-10)14(18)19)11-2-1-3-13(16)12(11)7-17/h1-6H,(H,18,19). The van der Waals surface area contributed by atoms with Gasteiger partial charge in [-0.25, -0.2) is 13.6 Å². The molecule has 94 valence electrons. The summed E-state index contributed by atoms with van der Waals surface area (Å²) in [7, 11) is 0. The topological polar surface area (TPSA) is 61.1 Å². The first kappa shape index (κ1) is 12.7. The quantitative estimate of drug-likeness (QED) is 0.900. The first-order chi connectivity index (χ1) is 9.02. The fraction of sp³-hybridized carbons (Fsp3) is 0. The van der Waals surface area contributed by atoms with Crippen molar-refractivity contribution < 1.29 is 18.7 Å². The third kappa shape index (κ3) is 2.43. The van der Waals surface area contributed by atoms with E-state index in [9.17, 15) is 13.6 Å². The lowest BCUT2D eigenvalue weighted by atomic mass is 9.98. The molecule has 0 saturated heterocycles. The van der Waals surface area contributed by atoms with Crippen molar-refractivity contribution in [1.29, 1.82) is 5.26 Å². The molecular weight excluding hydrogens is 252 g/mol. The minimum absolute atomic E-state index is 0.147. The SMILES string of the molecule is N#Cc1c(F)cccc1-c1cc(F)cc(C(=O)O)c1. The van der Waals surface area contributed by atoms with Gasteiger partial charge in [-0.05, 0) is 29.8 Å². The van der Waals surface area contributed by atoms with Gasteiger partial charge in [-0.1, -0.05) is 12.1 Å². The van der Waals surface area contributed by atoms with Gasteiger partial charge in [-0.3, -0.25) is 0 Å². The second-order valence-corrected chi connectivity index (χ2v) is 3.81. The fourth-order valence-corrected chi connectivity index (χ4v) is 1.75. The van der Waals surface area contributed by atoms with Crippen LogP contribution in [0.2, 0.25) is 0 Å². The highest BCUT2D eigenvalue weighted by atomic mass is 19.1. The van der Waals surface area contributed by atoms with E-state index in [0.717, 1.165) is 18.2 Å². The molecule has 0 aliphatic heterocycles. The molecule has 3 nitrogen and oxygen atoms in total. The number of carboxylic acid groups (broad SMARTS) is 1. The zero-order valence-corrected chi connectivity index (χ0v) is 9.52. The molecule has 0 spiro atoms. The Labute approximate surface area is 107 Å². The zero-order chi connectivity index (χ0) is 14.0. The molecule has 0 aromatic heterocycles. The lowest BCUT2D eigenvalue weighted by Gasteiger charge is -2.06. The summed E-state index contributed by atoms with van der Waals surface area (Å²) in [6.07, 6.45) is 0. The van der Waals surface area contributed by atoms with E-state index < -0.39 is 17.6 Å². The van der Waals surface area contributed by atoms with E-state index in [0.29, 0.717) is 0 Å². The van der Waals surface area contributed by atoms with Gasteiger partial charge in [0.1, 0.15) is 17.7 Å². The van der Waals surface area contributed by atoms with Crippen molar-refractivity contribution in [2.24, 2.45) is 0 Å². The molecule has 0 aliphatic rings. The molecule has 2 aromatic carbocycles. The van der Waals surface area contributed by atoms with E-state index in [2.05, 4.69) is 0 Å². The average Bonchev–Trinajstić information content (AvgIpc) is 2.37. The Hall–Kier alpha value is -2.74. The fourth-order valence-electron chi connectivity index (χ4n) is 1.75. The number of carboxylic acids is 1. The Morgan fingerprint density at radius 2 is 1.95 bits per heavy atom. The summed E-state index contributed by atoms with van der Waals surface area (Å²) in [5.74, 6) is -2.79. The van der Waals surface area contributed by atoms with Crippen LogP contribution in [-0.2, 0) is 0 Å². The number of benzene rings is 2. The van der Waals surface area contributed by atoms with Crippen molar-refractivity contribution in [3.05, 3.63) is 59.2 Å². The van der Waals surface area contributed by atoms with Crippen molar-refractivity contribution in [2.75, 3.05) is 0 Å². The van der Waals surface area contributed by atoms with Crippen LogP contribution in [0.4, 0.5) is 8.78 Å². The van der Waals surface area contributed by atoms with Gasteiger partial charge < -0.3 is 5.11 Å². The maximum atomic E-state index is 13.5. The third-order valence-electron chi connectivity index (χ3n) is 2.58. The Bertz CT molecular complexity index is 705. The molecule has 0 unspecified atom stereocenters. The number of carbonyl (C=O) groups is 1. The summed E-state index contributed by atoms with van der Waals surface area (Å²) in [5.41, 5.74) is -0.203. The van der Waals surface area contributed by atoms with Crippen LogP contribution in [0.25, 0.3) is 11.1 Å². The number of aromatic carboxylic acids is 1. The molecule has 1 N–H and O–H groups in total. The highest BCUT2D eigenvalue weighted by Gasteiger charge is 2.13. The Morgan fingerprint density at radius 1 is 1.21 bits per heavy atom. The van der Waals surface area contributed by atoms with Crippen LogP contribution in [0.1, 0.15) is 15.9 Å². The summed E-state index contributed by atoms with van der Waals surface area (Å²) in [6, 6.07) is 8.71. The summed E-state index contributed by atoms with van der Waals surface area (Å²) in [6.45, 7) is 0. The summed E-state index contributed by atoms with van der Waals surface area (Å²) < 4.78 is 26.8. The number of nitriles is 1. The molecule has 5 heteroatoms. The third-order valence-corrected chi connectivity index (χ3v) is 2.58. The van der Waals surface area contributed by atoms with Gasteiger partial charge in [0.2, 0.25) is 0 Å². The molecule has 0 atom stereocenters. The van der Waals surface area contributed by atoms with Crippen LogP contribution in [-0.4, -0.2) is 11.1 Å². The molecule has 2 aromatic rings. The monoisotopic (exact) mass is 259 g/mol. The minimum atomic E-state index is -1.30. The highest BCUT2D eigenvalue weighted by molar-refractivity contribution is 5.89. The number of hydrogen-bond acceptors (Lipinski definition) is 2. The van der Waals surface area contributed by atoms with Crippen molar-refractivity contribution in [2.45, 2.75) is 0 Å². The smallest absolute Gasteiger partial charge is 0.335 e. The molecular formula is C14H7F2NO2. The van der Waals surface area contributed by atoms with Gasteiger partial charge in [-0.2, -0.15) is 5.26 Å². The normalized spacial score (nSPS) is 9.95.